The van der Waals surface area contributed by atoms with Crippen LogP contribution in [-0.2, 0) is 0 Å². The van der Waals surface area contributed by atoms with Crippen molar-refractivity contribution in [3.05, 3.63) is 65.7 Å². The molecular formula is C16H10F2N2O. The van der Waals surface area contributed by atoms with E-state index in [2.05, 4.69) is 10.2 Å². The second-order valence-corrected chi connectivity index (χ2v) is 4.50. The van der Waals surface area contributed by atoms with Crippen molar-refractivity contribution in [3.63, 3.8) is 0 Å². The first-order valence-electron chi connectivity index (χ1n) is 6.24. The average molecular weight is 284 g/mol. The van der Waals surface area contributed by atoms with Crippen molar-refractivity contribution in [1.29, 1.82) is 0 Å². The minimum Gasteiger partial charge on any atom is -0.298 e. The summed E-state index contributed by atoms with van der Waals surface area (Å²) in [4.78, 5) is 11.0. The van der Waals surface area contributed by atoms with E-state index in [1.54, 1.807) is 18.2 Å². The Morgan fingerprint density at radius 2 is 1.81 bits per heavy atom. The van der Waals surface area contributed by atoms with Gasteiger partial charge in [-0.25, -0.2) is 8.78 Å². The molecule has 0 fully saturated rings. The van der Waals surface area contributed by atoms with Crippen molar-refractivity contribution in [3.8, 4) is 22.5 Å². The number of nitrogens with zero attached hydrogens (tertiary/aromatic N) is 1. The van der Waals surface area contributed by atoms with Gasteiger partial charge < -0.3 is 0 Å². The molecule has 3 rings (SSSR count). The van der Waals surface area contributed by atoms with Gasteiger partial charge in [-0.3, -0.25) is 9.89 Å². The third kappa shape index (κ3) is 2.45. The molecule has 0 amide bonds. The molecule has 0 aliphatic rings. The Kier molecular flexibility index (Phi) is 3.31. The normalized spacial score (nSPS) is 10.6. The van der Waals surface area contributed by atoms with Gasteiger partial charge in [-0.15, -0.1) is 0 Å². The fraction of sp³-hybridized carbons (Fsp3) is 0. The van der Waals surface area contributed by atoms with Crippen molar-refractivity contribution >= 4 is 6.29 Å². The second kappa shape index (κ2) is 5.28. The highest BCUT2D eigenvalue weighted by atomic mass is 19.1. The fourth-order valence-corrected chi connectivity index (χ4v) is 2.14. The smallest absolute Gasteiger partial charge is 0.150 e. The molecule has 0 spiro atoms. The highest BCUT2D eigenvalue weighted by Gasteiger charge is 2.13. The third-order valence-electron chi connectivity index (χ3n) is 3.16. The molecule has 0 saturated carbocycles. The molecule has 0 unspecified atom stereocenters. The van der Waals surface area contributed by atoms with E-state index in [-0.39, 0.29) is 16.9 Å². The Hall–Kier alpha value is -2.82. The van der Waals surface area contributed by atoms with E-state index >= 15 is 0 Å². The van der Waals surface area contributed by atoms with Gasteiger partial charge in [-0.2, -0.15) is 5.10 Å². The molecule has 0 aliphatic carbocycles. The zero-order valence-corrected chi connectivity index (χ0v) is 10.8. The number of H-pyrrole nitrogens is 1. The van der Waals surface area contributed by atoms with Crippen LogP contribution in [0.25, 0.3) is 22.5 Å². The quantitative estimate of drug-likeness (QED) is 0.743. The summed E-state index contributed by atoms with van der Waals surface area (Å²) in [5.74, 6) is -0.847. The van der Waals surface area contributed by atoms with Crippen LogP contribution in [-0.4, -0.2) is 16.5 Å². The number of rotatable bonds is 3. The van der Waals surface area contributed by atoms with Crippen LogP contribution in [0, 0.1) is 11.6 Å². The number of halogens is 2. The zero-order chi connectivity index (χ0) is 14.8. The molecule has 0 radical (unpaired) electrons. The number of hydrogen-bond donors (Lipinski definition) is 1. The van der Waals surface area contributed by atoms with Gasteiger partial charge in [0.1, 0.15) is 11.6 Å². The number of aldehydes is 1. The van der Waals surface area contributed by atoms with Crippen LogP contribution in [0.2, 0.25) is 0 Å². The summed E-state index contributed by atoms with van der Waals surface area (Å²) in [6, 6.07) is 11.7. The monoisotopic (exact) mass is 284 g/mol. The highest BCUT2D eigenvalue weighted by Crippen LogP contribution is 2.28. The lowest BCUT2D eigenvalue weighted by Gasteiger charge is -2.02. The maximum atomic E-state index is 13.9. The lowest BCUT2D eigenvalue weighted by molar-refractivity contribution is 0.112. The molecule has 21 heavy (non-hydrogen) atoms. The van der Waals surface area contributed by atoms with E-state index in [0.29, 0.717) is 23.2 Å². The molecule has 1 N–H and O–H groups in total. The van der Waals surface area contributed by atoms with Crippen molar-refractivity contribution in [1.82, 2.24) is 10.2 Å². The Bertz CT molecular complexity index is 794. The van der Waals surface area contributed by atoms with Crippen LogP contribution in [0.15, 0.2) is 48.5 Å². The standard InChI is InChI=1S/C16H10F2N2O/c17-12-6-4-10(5-7-12)14-8-15(20-19-14)16-11(9-21)2-1-3-13(16)18/h1-9H,(H,19,20). The Balaban J connectivity index is 2.07. The van der Waals surface area contributed by atoms with Crippen molar-refractivity contribution in [2.75, 3.05) is 0 Å². The first kappa shape index (κ1) is 13.2. The van der Waals surface area contributed by atoms with E-state index < -0.39 is 5.82 Å². The topological polar surface area (TPSA) is 45.8 Å². The maximum Gasteiger partial charge on any atom is 0.150 e. The maximum absolute atomic E-state index is 13.9. The number of nitrogens with one attached hydrogen (secondary N) is 1. The van der Waals surface area contributed by atoms with Gasteiger partial charge in [0.05, 0.1) is 11.4 Å². The zero-order valence-electron chi connectivity index (χ0n) is 10.8. The van der Waals surface area contributed by atoms with Gasteiger partial charge in [0, 0.05) is 16.7 Å². The number of benzene rings is 2. The van der Waals surface area contributed by atoms with Crippen LogP contribution < -0.4 is 0 Å². The first-order valence-corrected chi connectivity index (χ1v) is 6.24. The van der Waals surface area contributed by atoms with Gasteiger partial charge in [-0.1, -0.05) is 12.1 Å². The highest BCUT2D eigenvalue weighted by molar-refractivity contribution is 5.87. The number of carbonyl (C=O) groups excluding carboxylic acids is 1. The molecule has 0 atom stereocenters. The van der Waals surface area contributed by atoms with Gasteiger partial charge in [0.2, 0.25) is 0 Å². The van der Waals surface area contributed by atoms with Crippen molar-refractivity contribution in [2.45, 2.75) is 0 Å². The van der Waals surface area contributed by atoms with Crippen LogP contribution in [0.5, 0.6) is 0 Å². The largest absolute Gasteiger partial charge is 0.298 e. The Labute approximate surface area is 119 Å². The first-order chi connectivity index (χ1) is 10.2. The summed E-state index contributed by atoms with van der Waals surface area (Å²) >= 11 is 0. The minimum atomic E-state index is -0.506. The summed E-state index contributed by atoms with van der Waals surface area (Å²) in [6.45, 7) is 0. The van der Waals surface area contributed by atoms with Crippen LogP contribution in [0.3, 0.4) is 0 Å². The Morgan fingerprint density at radius 1 is 1.05 bits per heavy atom. The molecule has 1 heterocycles. The molecular weight excluding hydrogens is 274 g/mol. The molecule has 0 saturated heterocycles. The molecule has 0 aliphatic heterocycles. The summed E-state index contributed by atoms with van der Waals surface area (Å²) in [5, 5.41) is 6.79. The summed E-state index contributed by atoms with van der Waals surface area (Å²) in [7, 11) is 0. The summed E-state index contributed by atoms with van der Waals surface area (Å²) < 4.78 is 26.8. The van der Waals surface area contributed by atoms with E-state index in [0.717, 1.165) is 0 Å². The van der Waals surface area contributed by atoms with Crippen molar-refractivity contribution < 1.29 is 13.6 Å². The molecule has 5 heteroatoms. The lowest BCUT2D eigenvalue weighted by Crippen LogP contribution is -1.92. The predicted molar refractivity (Wildman–Crippen MR) is 74.8 cm³/mol. The van der Waals surface area contributed by atoms with Crippen LogP contribution in [0.4, 0.5) is 8.78 Å². The fourth-order valence-electron chi connectivity index (χ4n) is 2.14. The Morgan fingerprint density at radius 3 is 2.52 bits per heavy atom. The van der Waals surface area contributed by atoms with Gasteiger partial charge in [-0.05, 0) is 36.4 Å². The summed E-state index contributed by atoms with van der Waals surface area (Å²) in [5.41, 5.74) is 2.06. The van der Waals surface area contributed by atoms with E-state index in [4.69, 9.17) is 0 Å². The minimum absolute atomic E-state index is 0.174. The van der Waals surface area contributed by atoms with Gasteiger partial charge in [0.25, 0.3) is 0 Å². The van der Waals surface area contributed by atoms with Crippen molar-refractivity contribution in [2.24, 2.45) is 0 Å². The number of hydrogen-bond acceptors (Lipinski definition) is 2. The molecule has 2 aromatic carbocycles. The van der Waals surface area contributed by atoms with Gasteiger partial charge >= 0.3 is 0 Å². The lowest BCUT2D eigenvalue weighted by atomic mass is 10.0. The molecule has 104 valence electrons. The number of aromatic nitrogens is 2. The van der Waals surface area contributed by atoms with Crippen LogP contribution >= 0.6 is 0 Å². The summed E-state index contributed by atoms with van der Waals surface area (Å²) in [6.07, 6.45) is 0.594. The van der Waals surface area contributed by atoms with Gasteiger partial charge in [0.15, 0.2) is 6.29 Å². The molecule has 1 aromatic heterocycles. The molecule has 3 nitrogen and oxygen atoms in total. The van der Waals surface area contributed by atoms with E-state index in [9.17, 15) is 13.6 Å². The molecule has 0 bridgehead atoms. The second-order valence-electron chi connectivity index (χ2n) is 4.50. The molecule has 3 aromatic rings. The SMILES string of the molecule is O=Cc1cccc(F)c1-c1cc(-c2ccc(F)cc2)n[nH]1. The van der Waals surface area contributed by atoms with E-state index in [1.165, 1.54) is 30.3 Å². The van der Waals surface area contributed by atoms with Crippen LogP contribution in [0.1, 0.15) is 10.4 Å². The predicted octanol–water partition coefficient (Wildman–Crippen LogP) is 3.83. The number of aromatic amines is 1. The van der Waals surface area contributed by atoms with E-state index in [1.807, 2.05) is 0 Å². The third-order valence-corrected chi connectivity index (χ3v) is 3.16. The average Bonchev–Trinajstić information content (AvgIpc) is 2.97. The number of carbonyl (C=O) groups is 1.